The quantitative estimate of drug-likeness (QED) is 0.572. The van der Waals surface area contributed by atoms with Gasteiger partial charge in [0.15, 0.2) is 0 Å². The molecule has 0 N–H and O–H groups in total. The zero-order valence-corrected chi connectivity index (χ0v) is 9.43. The van der Waals surface area contributed by atoms with E-state index in [1.165, 1.54) is 15.6 Å². The van der Waals surface area contributed by atoms with Gasteiger partial charge >= 0.3 is 0 Å². The fraction of sp³-hybridized carbons (Fsp3) is 0.167. The van der Waals surface area contributed by atoms with E-state index in [-0.39, 0.29) is 0 Å². The molecule has 3 aromatic rings. The Morgan fingerprint density at radius 2 is 1.87 bits per heavy atom. The number of pyridine rings is 1. The van der Waals surface area contributed by atoms with Crippen LogP contribution in [-0.4, -0.2) is 9.97 Å². The third-order valence-electron chi connectivity index (χ3n) is 2.58. The van der Waals surface area contributed by atoms with E-state index in [1.54, 1.807) is 11.3 Å². The molecule has 1 aromatic carbocycles. The van der Waals surface area contributed by atoms with Gasteiger partial charge in [-0.15, -0.1) is 11.3 Å². The van der Waals surface area contributed by atoms with Crippen LogP contribution in [0.1, 0.15) is 10.6 Å². The Balaban J connectivity index is 2.62. The van der Waals surface area contributed by atoms with Gasteiger partial charge in [-0.3, -0.25) is 4.98 Å². The maximum absolute atomic E-state index is 4.50. The summed E-state index contributed by atoms with van der Waals surface area (Å²) in [6.07, 6.45) is 1.86. The van der Waals surface area contributed by atoms with Crippen LogP contribution >= 0.6 is 11.3 Å². The molecule has 0 spiro atoms. The molecule has 0 saturated carbocycles. The van der Waals surface area contributed by atoms with Gasteiger partial charge in [0.25, 0.3) is 0 Å². The molecule has 74 valence electrons. The van der Waals surface area contributed by atoms with E-state index in [0.717, 1.165) is 16.0 Å². The lowest BCUT2D eigenvalue weighted by atomic mass is 10.1. The second-order valence-electron chi connectivity index (χ2n) is 3.67. The minimum Gasteiger partial charge on any atom is -0.256 e. The average molecular weight is 214 g/mol. The van der Waals surface area contributed by atoms with E-state index in [0.29, 0.717) is 0 Å². The number of benzene rings is 1. The number of aryl methyl sites for hydroxylation is 2. The molecule has 2 aromatic heterocycles. The molecule has 15 heavy (non-hydrogen) atoms. The highest BCUT2D eigenvalue weighted by atomic mass is 32.1. The first-order valence-corrected chi connectivity index (χ1v) is 5.69. The van der Waals surface area contributed by atoms with Crippen molar-refractivity contribution in [2.45, 2.75) is 13.8 Å². The lowest BCUT2D eigenvalue weighted by Gasteiger charge is -2.00. The number of aromatic nitrogens is 2. The normalized spacial score (nSPS) is 11.3. The number of thiazole rings is 1. The molecule has 0 aliphatic carbocycles. The monoisotopic (exact) mass is 214 g/mol. The molecule has 0 fully saturated rings. The summed E-state index contributed by atoms with van der Waals surface area (Å²) in [5, 5.41) is 2.36. The van der Waals surface area contributed by atoms with Crippen molar-refractivity contribution in [3.8, 4) is 0 Å². The second kappa shape index (κ2) is 3.00. The second-order valence-corrected chi connectivity index (χ2v) is 4.87. The topological polar surface area (TPSA) is 25.8 Å². The zero-order valence-electron chi connectivity index (χ0n) is 8.61. The van der Waals surface area contributed by atoms with Gasteiger partial charge in [-0.2, -0.15) is 0 Å². The average Bonchev–Trinajstić information content (AvgIpc) is 2.58. The molecular weight excluding hydrogens is 204 g/mol. The van der Waals surface area contributed by atoms with E-state index in [1.807, 2.05) is 25.3 Å². The van der Waals surface area contributed by atoms with Crippen LogP contribution in [0.4, 0.5) is 0 Å². The lowest BCUT2D eigenvalue weighted by molar-refractivity contribution is 1.34. The molecule has 2 nitrogen and oxygen atoms in total. The van der Waals surface area contributed by atoms with Crippen LogP contribution in [0.25, 0.3) is 21.1 Å². The summed E-state index contributed by atoms with van der Waals surface area (Å²) >= 11 is 1.74. The summed E-state index contributed by atoms with van der Waals surface area (Å²) in [5.74, 6) is 0. The van der Waals surface area contributed by atoms with Crippen molar-refractivity contribution >= 4 is 32.5 Å². The van der Waals surface area contributed by atoms with Gasteiger partial charge in [-0.25, -0.2) is 4.98 Å². The first-order chi connectivity index (χ1) is 7.25. The van der Waals surface area contributed by atoms with Crippen molar-refractivity contribution in [2.75, 3.05) is 0 Å². The Bertz CT molecular complexity index is 655. The Morgan fingerprint density at radius 3 is 2.73 bits per heavy atom. The molecule has 0 bridgehead atoms. The number of rotatable bonds is 0. The van der Waals surface area contributed by atoms with Crippen LogP contribution in [0.3, 0.4) is 0 Å². The SMILES string of the molecule is Cc1nc2ccc3nccc(C)c3c2s1. The first-order valence-electron chi connectivity index (χ1n) is 4.87. The largest absolute Gasteiger partial charge is 0.256 e. The first kappa shape index (κ1) is 8.80. The number of nitrogens with zero attached hydrogens (tertiary/aromatic N) is 2. The molecule has 0 unspecified atom stereocenters. The highest BCUT2D eigenvalue weighted by Gasteiger charge is 2.07. The van der Waals surface area contributed by atoms with Gasteiger partial charge in [0.1, 0.15) is 0 Å². The van der Waals surface area contributed by atoms with Gasteiger partial charge < -0.3 is 0 Å². The predicted octanol–water partition coefficient (Wildman–Crippen LogP) is 3.46. The Morgan fingerprint density at radius 1 is 1.07 bits per heavy atom. The van der Waals surface area contributed by atoms with Gasteiger partial charge in [-0.05, 0) is 37.6 Å². The minimum atomic E-state index is 1.06. The van der Waals surface area contributed by atoms with Crippen molar-refractivity contribution in [3.05, 3.63) is 35.0 Å². The highest BCUT2D eigenvalue weighted by Crippen LogP contribution is 2.30. The van der Waals surface area contributed by atoms with Crippen LogP contribution in [0.15, 0.2) is 24.4 Å². The third kappa shape index (κ3) is 1.23. The number of hydrogen-bond donors (Lipinski definition) is 0. The number of fused-ring (bicyclic) bond motifs is 3. The van der Waals surface area contributed by atoms with Gasteiger partial charge in [0.05, 0.1) is 20.7 Å². The van der Waals surface area contributed by atoms with E-state index in [2.05, 4.69) is 23.0 Å². The van der Waals surface area contributed by atoms with Crippen molar-refractivity contribution < 1.29 is 0 Å². The molecule has 3 rings (SSSR count). The molecule has 0 amide bonds. The predicted molar refractivity (Wildman–Crippen MR) is 64.4 cm³/mol. The lowest BCUT2D eigenvalue weighted by Crippen LogP contribution is -1.82. The van der Waals surface area contributed by atoms with E-state index in [4.69, 9.17) is 0 Å². The number of hydrogen-bond acceptors (Lipinski definition) is 3. The van der Waals surface area contributed by atoms with Gasteiger partial charge in [-0.1, -0.05) is 0 Å². The smallest absolute Gasteiger partial charge is 0.0908 e. The summed E-state index contributed by atoms with van der Waals surface area (Å²) < 4.78 is 1.26. The molecule has 3 heteroatoms. The van der Waals surface area contributed by atoms with Crippen molar-refractivity contribution in [2.24, 2.45) is 0 Å². The Labute approximate surface area is 91.6 Å². The minimum absolute atomic E-state index is 1.06. The van der Waals surface area contributed by atoms with E-state index < -0.39 is 0 Å². The third-order valence-corrected chi connectivity index (χ3v) is 3.58. The molecule has 2 heterocycles. The van der Waals surface area contributed by atoms with Crippen LogP contribution in [0.5, 0.6) is 0 Å². The summed E-state index contributed by atoms with van der Waals surface area (Å²) in [4.78, 5) is 8.88. The van der Waals surface area contributed by atoms with Crippen LogP contribution in [-0.2, 0) is 0 Å². The van der Waals surface area contributed by atoms with Crippen LogP contribution in [0, 0.1) is 13.8 Å². The summed E-state index contributed by atoms with van der Waals surface area (Å²) in [6, 6.07) is 6.15. The van der Waals surface area contributed by atoms with Gasteiger partial charge in [0, 0.05) is 11.6 Å². The molecule has 0 aliphatic heterocycles. The van der Waals surface area contributed by atoms with Gasteiger partial charge in [0.2, 0.25) is 0 Å². The molecular formula is C12H10N2S. The summed E-state index contributed by atoms with van der Waals surface area (Å²) in [6.45, 7) is 4.17. The van der Waals surface area contributed by atoms with Crippen LogP contribution < -0.4 is 0 Å². The Kier molecular flexibility index (Phi) is 1.76. The Hall–Kier alpha value is -1.48. The molecule has 0 aliphatic rings. The molecule has 0 atom stereocenters. The van der Waals surface area contributed by atoms with Crippen molar-refractivity contribution in [1.82, 2.24) is 9.97 Å². The maximum atomic E-state index is 4.50. The molecule has 0 saturated heterocycles. The summed E-state index contributed by atoms with van der Waals surface area (Å²) in [5.41, 5.74) is 3.42. The fourth-order valence-corrected chi connectivity index (χ4v) is 2.92. The van der Waals surface area contributed by atoms with E-state index in [9.17, 15) is 0 Å². The standard InChI is InChI=1S/C12H10N2S/c1-7-5-6-13-9-3-4-10-12(11(7)9)15-8(2)14-10/h3-6H,1-2H3. The van der Waals surface area contributed by atoms with Crippen molar-refractivity contribution in [3.63, 3.8) is 0 Å². The fourth-order valence-electron chi connectivity index (χ4n) is 1.89. The summed E-state index contributed by atoms with van der Waals surface area (Å²) in [7, 11) is 0. The van der Waals surface area contributed by atoms with Crippen LogP contribution in [0.2, 0.25) is 0 Å². The highest BCUT2D eigenvalue weighted by molar-refractivity contribution is 7.19. The zero-order chi connectivity index (χ0) is 10.4. The van der Waals surface area contributed by atoms with Crippen molar-refractivity contribution in [1.29, 1.82) is 0 Å². The molecule has 0 radical (unpaired) electrons. The maximum Gasteiger partial charge on any atom is 0.0908 e. The van der Waals surface area contributed by atoms with E-state index >= 15 is 0 Å².